The molecule has 0 aliphatic carbocycles. The molecule has 2 aromatic rings. The lowest BCUT2D eigenvalue weighted by Gasteiger charge is -2.36. The second kappa shape index (κ2) is 5.79. The first-order valence-corrected chi connectivity index (χ1v) is 7.10. The fourth-order valence-corrected chi connectivity index (χ4v) is 2.71. The summed E-state index contributed by atoms with van der Waals surface area (Å²) >= 11 is 0. The van der Waals surface area contributed by atoms with E-state index in [1.54, 1.807) is 31.3 Å². The average molecular weight is 316 g/mol. The van der Waals surface area contributed by atoms with E-state index in [9.17, 15) is 9.18 Å². The quantitative estimate of drug-likeness (QED) is 0.945. The molecule has 1 atom stereocenters. The summed E-state index contributed by atoms with van der Waals surface area (Å²) < 4.78 is 24.0. The van der Waals surface area contributed by atoms with Crippen LogP contribution in [0.1, 0.15) is 22.1 Å². The Morgan fingerprint density at radius 1 is 1.13 bits per heavy atom. The molecule has 5 nitrogen and oxygen atoms in total. The second-order valence-corrected chi connectivity index (χ2v) is 5.27. The van der Waals surface area contributed by atoms with Gasteiger partial charge in [-0.1, -0.05) is 12.1 Å². The number of benzene rings is 2. The van der Waals surface area contributed by atoms with Gasteiger partial charge in [0.1, 0.15) is 12.0 Å². The molecule has 1 heterocycles. The molecule has 0 saturated carbocycles. The lowest BCUT2D eigenvalue weighted by molar-refractivity contribution is 0.0734. The van der Waals surface area contributed by atoms with Crippen LogP contribution in [-0.4, -0.2) is 32.1 Å². The number of anilines is 1. The van der Waals surface area contributed by atoms with Crippen molar-refractivity contribution in [3.05, 3.63) is 53.3 Å². The van der Waals surface area contributed by atoms with Crippen molar-refractivity contribution in [2.75, 3.05) is 26.6 Å². The number of nitrogens with zero attached hydrogens (tertiary/aromatic N) is 1. The molecule has 0 fully saturated rings. The standard InChI is InChI=1S/C17H17FN2O3/c1-20-16(10-5-4-6-11(18)7-10)19-13-9-15(23-3)14(22-2)8-12(13)17(20)21/h4-9,16,19H,1-3H3/t16-/m1/s1. The summed E-state index contributed by atoms with van der Waals surface area (Å²) in [6.07, 6.45) is -0.455. The van der Waals surface area contributed by atoms with E-state index in [-0.39, 0.29) is 11.7 Å². The van der Waals surface area contributed by atoms with Gasteiger partial charge in [-0.15, -0.1) is 0 Å². The smallest absolute Gasteiger partial charge is 0.257 e. The minimum absolute atomic E-state index is 0.172. The minimum atomic E-state index is -0.455. The Morgan fingerprint density at radius 2 is 1.83 bits per heavy atom. The molecule has 1 N–H and O–H groups in total. The van der Waals surface area contributed by atoms with Gasteiger partial charge in [0.25, 0.3) is 5.91 Å². The zero-order valence-electron chi connectivity index (χ0n) is 13.1. The molecule has 120 valence electrons. The Morgan fingerprint density at radius 3 is 2.48 bits per heavy atom. The summed E-state index contributed by atoms with van der Waals surface area (Å²) in [5.74, 6) is 0.491. The zero-order valence-corrected chi connectivity index (χ0v) is 13.1. The molecule has 1 aliphatic heterocycles. The summed E-state index contributed by atoms with van der Waals surface area (Å²) in [6, 6.07) is 9.53. The highest BCUT2D eigenvalue weighted by atomic mass is 19.1. The van der Waals surface area contributed by atoms with Gasteiger partial charge in [0.2, 0.25) is 0 Å². The van der Waals surface area contributed by atoms with Crippen LogP contribution in [0.25, 0.3) is 0 Å². The summed E-state index contributed by atoms with van der Waals surface area (Å²) in [5.41, 5.74) is 1.78. The highest BCUT2D eigenvalue weighted by Crippen LogP contribution is 2.39. The summed E-state index contributed by atoms with van der Waals surface area (Å²) in [5, 5.41) is 3.25. The fourth-order valence-electron chi connectivity index (χ4n) is 2.71. The zero-order chi connectivity index (χ0) is 16.6. The third-order valence-electron chi connectivity index (χ3n) is 3.92. The fraction of sp³-hybridized carbons (Fsp3) is 0.235. The normalized spacial score (nSPS) is 16.6. The molecule has 3 rings (SSSR count). The number of carbonyl (C=O) groups is 1. The number of carbonyl (C=O) groups excluding carboxylic acids is 1. The highest BCUT2D eigenvalue weighted by Gasteiger charge is 2.31. The SMILES string of the molecule is COc1cc2c(cc1OC)C(=O)N(C)[C@H](c1cccc(F)c1)N2. The van der Waals surface area contributed by atoms with Crippen LogP contribution < -0.4 is 14.8 Å². The van der Waals surface area contributed by atoms with E-state index in [0.717, 1.165) is 0 Å². The molecule has 0 spiro atoms. The van der Waals surface area contributed by atoms with Crippen molar-refractivity contribution in [1.82, 2.24) is 4.90 Å². The van der Waals surface area contributed by atoms with Gasteiger partial charge in [0.05, 0.1) is 25.5 Å². The first-order chi connectivity index (χ1) is 11.0. The van der Waals surface area contributed by atoms with Crippen molar-refractivity contribution in [3.8, 4) is 11.5 Å². The van der Waals surface area contributed by atoms with Crippen molar-refractivity contribution >= 4 is 11.6 Å². The number of nitrogens with one attached hydrogen (secondary N) is 1. The van der Waals surface area contributed by atoms with E-state index < -0.39 is 6.17 Å². The number of halogens is 1. The number of ether oxygens (including phenoxy) is 2. The number of methoxy groups -OCH3 is 2. The van der Waals surface area contributed by atoms with Crippen LogP contribution >= 0.6 is 0 Å². The summed E-state index contributed by atoms with van der Waals surface area (Å²) in [4.78, 5) is 14.2. The molecule has 0 unspecified atom stereocenters. The van der Waals surface area contributed by atoms with E-state index in [1.807, 2.05) is 0 Å². The second-order valence-electron chi connectivity index (χ2n) is 5.27. The molecular weight excluding hydrogens is 299 g/mol. The van der Waals surface area contributed by atoms with Gasteiger partial charge in [-0.25, -0.2) is 4.39 Å². The van der Waals surface area contributed by atoms with Crippen LogP contribution in [0.3, 0.4) is 0 Å². The first-order valence-electron chi connectivity index (χ1n) is 7.10. The van der Waals surface area contributed by atoms with Crippen LogP contribution in [-0.2, 0) is 0 Å². The number of hydrogen-bond donors (Lipinski definition) is 1. The topological polar surface area (TPSA) is 50.8 Å². The Labute approximate surface area is 133 Å². The molecule has 6 heteroatoms. The number of hydrogen-bond acceptors (Lipinski definition) is 4. The van der Waals surface area contributed by atoms with Crippen LogP contribution in [0.5, 0.6) is 11.5 Å². The monoisotopic (exact) mass is 316 g/mol. The molecule has 2 aromatic carbocycles. The molecular formula is C17H17FN2O3. The molecule has 0 radical (unpaired) electrons. The Kier molecular flexibility index (Phi) is 3.82. The van der Waals surface area contributed by atoms with E-state index in [1.165, 1.54) is 31.3 Å². The van der Waals surface area contributed by atoms with Crippen molar-refractivity contribution in [2.24, 2.45) is 0 Å². The molecule has 0 bridgehead atoms. The third-order valence-corrected chi connectivity index (χ3v) is 3.92. The van der Waals surface area contributed by atoms with Gasteiger partial charge < -0.3 is 19.7 Å². The van der Waals surface area contributed by atoms with E-state index >= 15 is 0 Å². The maximum absolute atomic E-state index is 13.5. The average Bonchev–Trinajstić information content (AvgIpc) is 2.57. The van der Waals surface area contributed by atoms with E-state index in [0.29, 0.717) is 28.3 Å². The predicted molar refractivity (Wildman–Crippen MR) is 84.4 cm³/mol. The number of rotatable bonds is 3. The van der Waals surface area contributed by atoms with Gasteiger partial charge >= 0.3 is 0 Å². The summed E-state index contributed by atoms with van der Waals surface area (Å²) in [7, 11) is 4.72. The molecule has 0 saturated heterocycles. The minimum Gasteiger partial charge on any atom is -0.493 e. The Bertz CT molecular complexity index is 763. The molecule has 23 heavy (non-hydrogen) atoms. The van der Waals surface area contributed by atoms with Gasteiger partial charge in [-0.3, -0.25) is 4.79 Å². The Balaban J connectivity index is 2.06. The number of amides is 1. The van der Waals surface area contributed by atoms with Gasteiger partial charge in [-0.2, -0.15) is 0 Å². The predicted octanol–water partition coefficient (Wildman–Crippen LogP) is 3.04. The molecule has 1 aliphatic rings. The lowest BCUT2D eigenvalue weighted by Crippen LogP contribution is -2.40. The summed E-state index contributed by atoms with van der Waals surface area (Å²) in [6.45, 7) is 0. The largest absolute Gasteiger partial charge is 0.493 e. The first kappa shape index (κ1) is 15.1. The molecule has 0 aromatic heterocycles. The van der Waals surface area contributed by atoms with Crippen molar-refractivity contribution < 1.29 is 18.7 Å². The van der Waals surface area contributed by atoms with Crippen molar-refractivity contribution in [1.29, 1.82) is 0 Å². The maximum atomic E-state index is 13.5. The van der Waals surface area contributed by atoms with Gasteiger partial charge in [0, 0.05) is 13.1 Å². The van der Waals surface area contributed by atoms with Crippen LogP contribution in [0.4, 0.5) is 10.1 Å². The van der Waals surface area contributed by atoms with Gasteiger partial charge in [-0.05, 0) is 23.8 Å². The highest BCUT2D eigenvalue weighted by molar-refractivity contribution is 6.02. The van der Waals surface area contributed by atoms with Gasteiger partial charge in [0.15, 0.2) is 11.5 Å². The van der Waals surface area contributed by atoms with Crippen LogP contribution in [0.2, 0.25) is 0 Å². The lowest BCUT2D eigenvalue weighted by atomic mass is 10.0. The van der Waals surface area contributed by atoms with Crippen molar-refractivity contribution in [3.63, 3.8) is 0 Å². The van der Waals surface area contributed by atoms with Crippen molar-refractivity contribution in [2.45, 2.75) is 6.17 Å². The maximum Gasteiger partial charge on any atom is 0.257 e. The van der Waals surface area contributed by atoms with Crippen LogP contribution in [0, 0.1) is 5.82 Å². The van der Waals surface area contributed by atoms with Crippen LogP contribution in [0.15, 0.2) is 36.4 Å². The molecule has 1 amide bonds. The number of fused-ring (bicyclic) bond motifs is 1. The third kappa shape index (κ3) is 2.56. The van der Waals surface area contributed by atoms with E-state index in [4.69, 9.17) is 9.47 Å². The Hall–Kier alpha value is -2.76. The van der Waals surface area contributed by atoms with E-state index in [2.05, 4.69) is 5.32 Å².